The molecule has 1 heterocycles. The summed E-state index contributed by atoms with van der Waals surface area (Å²) in [6, 6.07) is 11.0. The van der Waals surface area contributed by atoms with E-state index in [0.29, 0.717) is 5.75 Å². The highest BCUT2D eigenvalue weighted by Gasteiger charge is 2.13. The van der Waals surface area contributed by atoms with Gasteiger partial charge in [0, 0.05) is 10.9 Å². The summed E-state index contributed by atoms with van der Waals surface area (Å²) in [4.78, 5) is 23.0. The number of rotatable bonds is 7. The molecule has 3 rings (SSSR count). The van der Waals surface area contributed by atoms with Crippen LogP contribution >= 0.6 is 0 Å². The van der Waals surface area contributed by atoms with Crippen molar-refractivity contribution in [2.24, 2.45) is 5.73 Å². The van der Waals surface area contributed by atoms with Crippen LogP contribution in [0.15, 0.2) is 47.1 Å². The molecule has 2 aromatic carbocycles. The van der Waals surface area contributed by atoms with Crippen LogP contribution < -0.4 is 10.5 Å². The molecule has 140 valence electrons. The average molecular weight is 367 g/mol. The fraction of sp³-hybridized carbons (Fsp3) is 0.238. The molecule has 0 atom stereocenters. The Hall–Kier alpha value is -3.28. The molecule has 0 bridgehead atoms. The maximum atomic E-state index is 12.2. The van der Waals surface area contributed by atoms with Gasteiger partial charge in [0.2, 0.25) is 0 Å². The van der Waals surface area contributed by atoms with E-state index in [2.05, 4.69) is 0 Å². The molecule has 1 aromatic heterocycles. The first-order valence-corrected chi connectivity index (χ1v) is 8.55. The number of amides is 1. The quantitative estimate of drug-likeness (QED) is 0.648. The molecule has 0 aliphatic rings. The number of esters is 1. The molecule has 0 aliphatic heterocycles. The van der Waals surface area contributed by atoms with Gasteiger partial charge in [0.05, 0.1) is 12.7 Å². The van der Waals surface area contributed by atoms with Crippen LogP contribution in [0.3, 0.4) is 0 Å². The topological polar surface area (TPSA) is 91.8 Å². The summed E-state index contributed by atoms with van der Waals surface area (Å²) in [5, 5.41) is 0.928. The Balaban J connectivity index is 1.61. The Bertz CT molecular complexity index is 989. The first-order valence-electron chi connectivity index (χ1n) is 8.55. The second-order valence-electron chi connectivity index (χ2n) is 6.43. The van der Waals surface area contributed by atoms with Crippen molar-refractivity contribution < 1.29 is 23.5 Å². The minimum absolute atomic E-state index is 0.112. The third kappa shape index (κ3) is 4.67. The summed E-state index contributed by atoms with van der Waals surface area (Å²) in [7, 11) is 0. The summed E-state index contributed by atoms with van der Waals surface area (Å²) >= 11 is 0. The van der Waals surface area contributed by atoms with Gasteiger partial charge in [-0.2, -0.15) is 0 Å². The lowest BCUT2D eigenvalue weighted by Crippen LogP contribution is -2.20. The summed E-state index contributed by atoms with van der Waals surface area (Å²) in [5.74, 6) is -0.405. The molecule has 0 unspecified atom stereocenters. The van der Waals surface area contributed by atoms with Gasteiger partial charge in [0.15, 0.2) is 6.61 Å². The number of carbonyl (C=O) groups excluding carboxylic acids is 2. The first kappa shape index (κ1) is 18.5. The zero-order chi connectivity index (χ0) is 19.4. The number of hydrogen-bond acceptors (Lipinski definition) is 5. The number of primary amides is 1. The zero-order valence-corrected chi connectivity index (χ0v) is 15.3. The molecule has 27 heavy (non-hydrogen) atoms. The Labute approximate surface area is 156 Å². The van der Waals surface area contributed by atoms with Crippen LogP contribution in [0, 0.1) is 13.8 Å². The van der Waals surface area contributed by atoms with Crippen LogP contribution in [0.1, 0.15) is 22.3 Å². The zero-order valence-electron chi connectivity index (χ0n) is 15.3. The number of ether oxygens (including phenoxy) is 2. The highest BCUT2D eigenvalue weighted by atomic mass is 16.5. The summed E-state index contributed by atoms with van der Waals surface area (Å²) < 4.78 is 16.1. The lowest BCUT2D eigenvalue weighted by atomic mass is 10.0. The van der Waals surface area contributed by atoms with Crippen molar-refractivity contribution >= 4 is 22.8 Å². The van der Waals surface area contributed by atoms with Gasteiger partial charge in [0.25, 0.3) is 5.91 Å². The highest BCUT2D eigenvalue weighted by Crippen LogP contribution is 2.25. The van der Waals surface area contributed by atoms with Crippen molar-refractivity contribution in [1.82, 2.24) is 0 Å². The van der Waals surface area contributed by atoms with Gasteiger partial charge in [0.1, 0.15) is 17.9 Å². The van der Waals surface area contributed by atoms with Crippen molar-refractivity contribution in [3.8, 4) is 5.75 Å². The maximum absolute atomic E-state index is 12.2. The molecule has 0 saturated heterocycles. The van der Waals surface area contributed by atoms with Crippen molar-refractivity contribution in [2.75, 3.05) is 6.61 Å². The number of fused-ring (bicyclic) bond motifs is 1. The Morgan fingerprint density at radius 2 is 1.89 bits per heavy atom. The molecule has 0 fully saturated rings. The highest BCUT2D eigenvalue weighted by molar-refractivity contribution is 5.86. The van der Waals surface area contributed by atoms with Crippen LogP contribution in [0.25, 0.3) is 11.0 Å². The Morgan fingerprint density at radius 3 is 2.67 bits per heavy atom. The van der Waals surface area contributed by atoms with Gasteiger partial charge in [-0.15, -0.1) is 0 Å². The Morgan fingerprint density at radius 1 is 1.11 bits per heavy atom. The van der Waals surface area contributed by atoms with E-state index in [1.165, 1.54) is 0 Å². The lowest BCUT2D eigenvalue weighted by Gasteiger charge is -2.08. The van der Waals surface area contributed by atoms with Gasteiger partial charge >= 0.3 is 5.97 Å². The molecule has 0 aliphatic carbocycles. The normalized spacial score (nSPS) is 10.7. The number of furan rings is 1. The van der Waals surface area contributed by atoms with Gasteiger partial charge in [-0.25, -0.2) is 0 Å². The van der Waals surface area contributed by atoms with Crippen molar-refractivity contribution in [2.45, 2.75) is 26.9 Å². The monoisotopic (exact) mass is 367 g/mol. The molecule has 0 saturated carbocycles. The molecule has 3 aromatic rings. The van der Waals surface area contributed by atoms with Gasteiger partial charge in [-0.05, 0) is 54.8 Å². The van der Waals surface area contributed by atoms with E-state index in [1.54, 1.807) is 24.5 Å². The second-order valence-corrected chi connectivity index (χ2v) is 6.43. The molecular weight excluding hydrogens is 346 g/mol. The van der Waals surface area contributed by atoms with Gasteiger partial charge in [-0.1, -0.05) is 12.1 Å². The fourth-order valence-corrected chi connectivity index (χ4v) is 2.72. The van der Waals surface area contributed by atoms with Gasteiger partial charge < -0.3 is 19.6 Å². The predicted octanol–water partition coefficient (Wildman–Crippen LogP) is 3.20. The van der Waals surface area contributed by atoms with E-state index in [1.807, 2.05) is 32.0 Å². The molecular formula is C21H21NO5. The number of benzene rings is 2. The van der Waals surface area contributed by atoms with Crippen LogP contribution in [0.2, 0.25) is 0 Å². The largest absolute Gasteiger partial charge is 0.484 e. The fourth-order valence-electron chi connectivity index (χ4n) is 2.72. The van der Waals surface area contributed by atoms with E-state index >= 15 is 0 Å². The van der Waals surface area contributed by atoms with Crippen molar-refractivity contribution in [3.63, 3.8) is 0 Å². The minimum Gasteiger partial charge on any atom is -0.484 e. The van der Waals surface area contributed by atoms with Crippen LogP contribution in [0.5, 0.6) is 5.75 Å². The third-order valence-corrected chi connectivity index (χ3v) is 4.28. The molecule has 0 radical (unpaired) electrons. The molecule has 2 N–H and O–H groups in total. The van der Waals surface area contributed by atoms with Crippen molar-refractivity contribution in [3.05, 3.63) is 64.9 Å². The smallest absolute Gasteiger partial charge is 0.310 e. The molecule has 0 spiro atoms. The number of nitrogens with two attached hydrogens (primary N) is 1. The number of hydrogen-bond donors (Lipinski definition) is 1. The van der Waals surface area contributed by atoms with E-state index in [-0.39, 0.29) is 25.6 Å². The lowest BCUT2D eigenvalue weighted by molar-refractivity contribution is -0.144. The van der Waals surface area contributed by atoms with E-state index < -0.39 is 5.91 Å². The number of aryl methyl sites for hydroxylation is 2. The van der Waals surface area contributed by atoms with Gasteiger partial charge in [-0.3, -0.25) is 9.59 Å². The standard InChI is InChI=1S/C21H21NO5/c1-13-6-18-16(11-26-19(18)7-14(13)2)9-21(24)27-10-15-4-3-5-17(8-15)25-12-20(22)23/h3-8,11H,9-10,12H2,1-2H3,(H2,22,23). The summed E-state index contributed by atoms with van der Waals surface area (Å²) in [6.45, 7) is 3.96. The van der Waals surface area contributed by atoms with Crippen LogP contribution in [0.4, 0.5) is 0 Å². The summed E-state index contributed by atoms with van der Waals surface area (Å²) in [5.41, 5.74) is 9.67. The Kier molecular flexibility index (Phi) is 5.45. The van der Waals surface area contributed by atoms with E-state index in [0.717, 1.165) is 33.2 Å². The van der Waals surface area contributed by atoms with Crippen LogP contribution in [-0.2, 0) is 27.4 Å². The second kappa shape index (κ2) is 7.95. The maximum Gasteiger partial charge on any atom is 0.310 e. The molecule has 6 heteroatoms. The minimum atomic E-state index is -0.551. The third-order valence-electron chi connectivity index (χ3n) is 4.28. The average Bonchev–Trinajstić information content (AvgIpc) is 3.00. The SMILES string of the molecule is Cc1cc2occ(CC(=O)OCc3cccc(OCC(N)=O)c3)c2cc1C. The van der Waals surface area contributed by atoms with E-state index in [4.69, 9.17) is 19.6 Å². The summed E-state index contributed by atoms with van der Waals surface area (Å²) in [6.07, 6.45) is 1.73. The number of carbonyl (C=O) groups is 2. The van der Waals surface area contributed by atoms with Crippen LogP contribution in [-0.4, -0.2) is 18.5 Å². The van der Waals surface area contributed by atoms with E-state index in [9.17, 15) is 9.59 Å². The molecule has 6 nitrogen and oxygen atoms in total. The first-order chi connectivity index (χ1) is 12.9. The van der Waals surface area contributed by atoms with Crippen molar-refractivity contribution in [1.29, 1.82) is 0 Å². The molecule has 1 amide bonds. The predicted molar refractivity (Wildman–Crippen MR) is 100 cm³/mol.